The number of thiophene rings is 1. The van der Waals surface area contributed by atoms with Crippen LogP contribution < -0.4 is 5.32 Å². The van der Waals surface area contributed by atoms with Gasteiger partial charge >= 0.3 is 5.97 Å². The molecule has 1 saturated heterocycles. The van der Waals surface area contributed by atoms with E-state index in [0.29, 0.717) is 6.54 Å². The average Bonchev–Trinajstić information content (AvgIpc) is 2.69. The van der Waals surface area contributed by atoms with Gasteiger partial charge in [0.2, 0.25) is 5.91 Å². The van der Waals surface area contributed by atoms with Crippen molar-refractivity contribution in [3.05, 3.63) is 28.0 Å². The van der Waals surface area contributed by atoms with Crippen molar-refractivity contribution in [3.63, 3.8) is 0 Å². The minimum absolute atomic E-state index is 0.0695. The van der Waals surface area contributed by atoms with Gasteiger partial charge in [0.05, 0.1) is 6.54 Å². The summed E-state index contributed by atoms with van der Waals surface area (Å²) >= 11 is 1.55. The van der Waals surface area contributed by atoms with Gasteiger partial charge in [0, 0.05) is 35.5 Å². The molecule has 1 fully saturated rings. The summed E-state index contributed by atoms with van der Waals surface area (Å²) in [5, 5.41) is 11.4. The standard InChI is InChI=1S/C13H16N2O3S/c16-12-9-15(7-1-6-14-12)8-11-3-2-10(19-11)4-5-13(17)18/h2-5H,1,6-9H2,(H,14,16)(H,17,18). The summed E-state index contributed by atoms with van der Waals surface area (Å²) in [6, 6.07) is 3.88. The van der Waals surface area contributed by atoms with E-state index in [1.807, 2.05) is 12.1 Å². The van der Waals surface area contributed by atoms with E-state index in [0.717, 1.165) is 41.9 Å². The van der Waals surface area contributed by atoms with Crippen molar-refractivity contribution in [3.8, 4) is 0 Å². The Kier molecular flexibility index (Phi) is 4.70. The topological polar surface area (TPSA) is 69.6 Å². The molecule has 0 atom stereocenters. The summed E-state index contributed by atoms with van der Waals surface area (Å²) in [6.45, 7) is 2.81. The molecule has 19 heavy (non-hydrogen) atoms. The third-order valence-corrected chi connectivity index (χ3v) is 3.83. The molecule has 102 valence electrons. The predicted molar refractivity (Wildman–Crippen MR) is 73.9 cm³/mol. The Morgan fingerprint density at radius 3 is 3.16 bits per heavy atom. The van der Waals surface area contributed by atoms with Crippen molar-refractivity contribution < 1.29 is 14.7 Å². The number of hydrogen-bond donors (Lipinski definition) is 2. The lowest BCUT2D eigenvalue weighted by atomic mass is 10.3. The van der Waals surface area contributed by atoms with Gasteiger partial charge in [0.15, 0.2) is 0 Å². The molecule has 0 radical (unpaired) electrons. The molecule has 1 aromatic heterocycles. The van der Waals surface area contributed by atoms with Crippen LogP contribution in [0.2, 0.25) is 0 Å². The monoisotopic (exact) mass is 280 g/mol. The van der Waals surface area contributed by atoms with E-state index in [9.17, 15) is 9.59 Å². The van der Waals surface area contributed by atoms with Gasteiger partial charge in [-0.05, 0) is 24.6 Å². The number of carboxylic acid groups (broad SMARTS) is 1. The fourth-order valence-electron chi connectivity index (χ4n) is 1.95. The Balaban J connectivity index is 1.95. The van der Waals surface area contributed by atoms with Crippen LogP contribution in [0.3, 0.4) is 0 Å². The van der Waals surface area contributed by atoms with Crippen molar-refractivity contribution in [1.82, 2.24) is 10.2 Å². The van der Waals surface area contributed by atoms with Crippen LogP contribution in [0.1, 0.15) is 16.2 Å². The summed E-state index contributed by atoms with van der Waals surface area (Å²) in [5.74, 6) is -0.876. The van der Waals surface area contributed by atoms with Crippen LogP contribution in [0.5, 0.6) is 0 Å². The fourth-order valence-corrected chi connectivity index (χ4v) is 2.90. The summed E-state index contributed by atoms with van der Waals surface area (Å²) in [7, 11) is 0. The third-order valence-electron chi connectivity index (χ3n) is 2.79. The Labute approximate surface area is 115 Å². The number of nitrogens with one attached hydrogen (secondary N) is 1. The molecule has 5 nitrogen and oxygen atoms in total. The second-order valence-corrected chi connectivity index (χ2v) is 5.59. The maximum absolute atomic E-state index is 11.4. The fraction of sp³-hybridized carbons (Fsp3) is 0.385. The van der Waals surface area contributed by atoms with Gasteiger partial charge in [0.1, 0.15) is 0 Å². The highest BCUT2D eigenvalue weighted by molar-refractivity contribution is 7.12. The molecule has 2 N–H and O–H groups in total. The number of hydrogen-bond acceptors (Lipinski definition) is 4. The largest absolute Gasteiger partial charge is 0.478 e. The van der Waals surface area contributed by atoms with Gasteiger partial charge in [-0.15, -0.1) is 11.3 Å². The van der Waals surface area contributed by atoms with Crippen molar-refractivity contribution in [1.29, 1.82) is 0 Å². The normalized spacial score (nSPS) is 17.4. The molecule has 0 aliphatic carbocycles. The van der Waals surface area contributed by atoms with Crippen LogP contribution in [0.4, 0.5) is 0 Å². The summed E-state index contributed by atoms with van der Waals surface area (Å²) < 4.78 is 0. The smallest absolute Gasteiger partial charge is 0.328 e. The van der Waals surface area contributed by atoms with E-state index >= 15 is 0 Å². The highest BCUT2D eigenvalue weighted by Crippen LogP contribution is 2.20. The van der Waals surface area contributed by atoms with Gasteiger partial charge in [-0.2, -0.15) is 0 Å². The Morgan fingerprint density at radius 2 is 2.37 bits per heavy atom. The first-order valence-electron chi connectivity index (χ1n) is 6.12. The lowest BCUT2D eigenvalue weighted by molar-refractivity contribution is -0.131. The van der Waals surface area contributed by atoms with Gasteiger partial charge in [-0.3, -0.25) is 9.69 Å². The SMILES string of the molecule is O=C(O)C=Cc1ccc(CN2CCCNC(=O)C2)s1. The quantitative estimate of drug-likeness (QED) is 0.812. The minimum atomic E-state index is -0.945. The van der Waals surface area contributed by atoms with Crippen molar-refractivity contribution >= 4 is 29.3 Å². The lowest BCUT2D eigenvalue weighted by Gasteiger charge is -2.16. The van der Waals surface area contributed by atoms with E-state index in [2.05, 4.69) is 10.2 Å². The van der Waals surface area contributed by atoms with Crippen LogP contribution in [0, 0.1) is 0 Å². The number of aliphatic carboxylic acids is 1. The first kappa shape index (κ1) is 13.8. The van der Waals surface area contributed by atoms with Crippen LogP contribution >= 0.6 is 11.3 Å². The molecule has 2 rings (SSSR count). The zero-order valence-corrected chi connectivity index (χ0v) is 11.3. The molecule has 0 bridgehead atoms. The first-order valence-corrected chi connectivity index (χ1v) is 6.94. The Hall–Kier alpha value is -1.66. The molecule has 0 spiro atoms. The van der Waals surface area contributed by atoms with E-state index in [1.165, 1.54) is 0 Å². The van der Waals surface area contributed by atoms with Crippen LogP contribution in [0.25, 0.3) is 6.08 Å². The molecule has 1 aliphatic heterocycles. The number of nitrogens with zero attached hydrogens (tertiary/aromatic N) is 1. The molecule has 2 heterocycles. The summed E-state index contributed by atoms with van der Waals surface area (Å²) in [6.07, 6.45) is 3.68. The van der Waals surface area contributed by atoms with E-state index < -0.39 is 5.97 Å². The van der Waals surface area contributed by atoms with Crippen molar-refractivity contribution in [2.45, 2.75) is 13.0 Å². The number of carbonyl (C=O) groups is 2. The zero-order chi connectivity index (χ0) is 13.7. The Bertz CT molecular complexity index is 496. The van der Waals surface area contributed by atoms with Gasteiger partial charge in [0.25, 0.3) is 0 Å². The van der Waals surface area contributed by atoms with Gasteiger partial charge in [-0.1, -0.05) is 0 Å². The van der Waals surface area contributed by atoms with E-state index in [1.54, 1.807) is 17.4 Å². The highest BCUT2D eigenvalue weighted by Gasteiger charge is 2.15. The molecule has 6 heteroatoms. The van der Waals surface area contributed by atoms with Crippen LogP contribution in [-0.2, 0) is 16.1 Å². The van der Waals surface area contributed by atoms with Crippen LogP contribution in [-0.4, -0.2) is 41.5 Å². The first-order chi connectivity index (χ1) is 9.13. The number of carbonyl (C=O) groups excluding carboxylic acids is 1. The molecule has 0 saturated carbocycles. The number of rotatable bonds is 4. The van der Waals surface area contributed by atoms with Gasteiger partial charge < -0.3 is 10.4 Å². The molecule has 0 aromatic carbocycles. The van der Waals surface area contributed by atoms with E-state index in [4.69, 9.17) is 5.11 Å². The average molecular weight is 280 g/mol. The molecular weight excluding hydrogens is 264 g/mol. The predicted octanol–water partition coefficient (Wildman–Crippen LogP) is 1.17. The number of amides is 1. The van der Waals surface area contributed by atoms with Crippen molar-refractivity contribution in [2.24, 2.45) is 0 Å². The zero-order valence-electron chi connectivity index (χ0n) is 10.5. The molecule has 1 aromatic rings. The lowest BCUT2D eigenvalue weighted by Crippen LogP contribution is -2.32. The second kappa shape index (κ2) is 6.49. The maximum atomic E-state index is 11.4. The van der Waals surface area contributed by atoms with E-state index in [-0.39, 0.29) is 5.91 Å². The minimum Gasteiger partial charge on any atom is -0.478 e. The summed E-state index contributed by atoms with van der Waals surface area (Å²) in [5.41, 5.74) is 0. The van der Waals surface area contributed by atoms with Gasteiger partial charge in [-0.25, -0.2) is 4.79 Å². The summed E-state index contributed by atoms with van der Waals surface area (Å²) in [4.78, 5) is 26.0. The molecule has 1 amide bonds. The van der Waals surface area contributed by atoms with Crippen molar-refractivity contribution in [2.75, 3.05) is 19.6 Å². The molecular formula is C13H16N2O3S. The van der Waals surface area contributed by atoms with Crippen LogP contribution in [0.15, 0.2) is 18.2 Å². The third kappa shape index (κ3) is 4.50. The second-order valence-electron chi connectivity index (χ2n) is 4.39. The molecule has 0 unspecified atom stereocenters. The maximum Gasteiger partial charge on any atom is 0.328 e. The number of carboxylic acids is 1. The Morgan fingerprint density at radius 1 is 1.53 bits per heavy atom. The molecule has 1 aliphatic rings. The highest BCUT2D eigenvalue weighted by atomic mass is 32.1.